The molecular weight excluding hydrogens is 368 g/mol. The lowest BCUT2D eigenvalue weighted by Gasteiger charge is -2.09. The molecule has 1 heterocycles. The van der Waals surface area contributed by atoms with Gasteiger partial charge in [0.2, 0.25) is 5.95 Å². The number of carbonyl (C=O) groups is 1. The predicted molar refractivity (Wildman–Crippen MR) is 112 cm³/mol. The predicted octanol–water partition coefficient (Wildman–Crippen LogP) is 3.65. The van der Waals surface area contributed by atoms with E-state index in [2.05, 4.69) is 26.7 Å². The Hall–Kier alpha value is -3.61. The average molecular weight is 392 g/mol. The zero-order valence-corrected chi connectivity index (χ0v) is 16.7. The summed E-state index contributed by atoms with van der Waals surface area (Å²) >= 11 is 0. The molecule has 0 fully saturated rings. The van der Waals surface area contributed by atoms with Gasteiger partial charge in [-0.15, -0.1) is 0 Å². The van der Waals surface area contributed by atoms with Crippen LogP contribution in [0.5, 0.6) is 11.5 Å². The maximum atomic E-state index is 12.2. The number of nitrogens with zero attached hydrogens (tertiary/aromatic N) is 2. The van der Waals surface area contributed by atoms with Crippen LogP contribution in [0.1, 0.15) is 21.5 Å². The van der Waals surface area contributed by atoms with Gasteiger partial charge in [-0.3, -0.25) is 4.79 Å². The van der Waals surface area contributed by atoms with Crippen LogP contribution in [0, 0.1) is 13.8 Å². The maximum absolute atomic E-state index is 12.2. The minimum Gasteiger partial charge on any atom is -0.497 e. The summed E-state index contributed by atoms with van der Waals surface area (Å²) in [4.78, 5) is 20.7. The van der Waals surface area contributed by atoms with Gasteiger partial charge in [0, 0.05) is 18.1 Å². The molecule has 7 heteroatoms. The fraction of sp³-hybridized carbons (Fsp3) is 0.227. The molecule has 0 aliphatic heterocycles. The number of hydrogen-bond acceptors (Lipinski definition) is 6. The molecule has 0 atom stereocenters. The summed E-state index contributed by atoms with van der Waals surface area (Å²) in [5, 5.41) is 5.93. The minimum absolute atomic E-state index is 0.249. The molecule has 0 saturated carbocycles. The number of hydrogen-bond donors (Lipinski definition) is 2. The second kappa shape index (κ2) is 9.54. The van der Waals surface area contributed by atoms with Crippen molar-refractivity contribution < 1.29 is 14.3 Å². The third kappa shape index (κ3) is 5.93. The molecular formula is C22H24N4O3. The number of ether oxygens (including phenoxy) is 2. The van der Waals surface area contributed by atoms with Crippen LogP contribution in [0.25, 0.3) is 0 Å². The highest BCUT2D eigenvalue weighted by atomic mass is 16.5. The van der Waals surface area contributed by atoms with Gasteiger partial charge in [0.05, 0.1) is 19.2 Å². The van der Waals surface area contributed by atoms with Crippen molar-refractivity contribution in [1.29, 1.82) is 0 Å². The Bertz CT molecular complexity index is 937. The van der Waals surface area contributed by atoms with Crippen molar-refractivity contribution in [3.8, 4) is 11.5 Å². The number of carbonyl (C=O) groups excluding carboxylic acids is 1. The summed E-state index contributed by atoms with van der Waals surface area (Å²) in [5.41, 5.74) is 3.61. The number of aryl methyl sites for hydroxylation is 2. The largest absolute Gasteiger partial charge is 0.497 e. The molecule has 0 bridgehead atoms. The van der Waals surface area contributed by atoms with E-state index in [0.717, 1.165) is 22.6 Å². The molecule has 3 aromatic rings. The molecule has 0 unspecified atom stereocenters. The molecule has 3 rings (SSSR count). The van der Waals surface area contributed by atoms with E-state index >= 15 is 0 Å². The average Bonchev–Trinajstić information content (AvgIpc) is 2.71. The Morgan fingerprint density at radius 1 is 0.966 bits per heavy atom. The number of methoxy groups -OCH3 is 1. The second-order valence-electron chi connectivity index (χ2n) is 6.58. The van der Waals surface area contributed by atoms with Gasteiger partial charge in [-0.05, 0) is 61.4 Å². The van der Waals surface area contributed by atoms with Crippen molar-refractivity contribution in [2.24, 2.45) is 0 Å². The number of nitrogens with one attached hydrogen (secondary N) is 2. The Morgan fingerprint density at radius 3 is 2.21 bits per heavy atom. The summed E-state index contributed by atoms with van der Waals surface area (Å²) in [6.07, 6.45) is 3.00. The van der Waals surface area contributed by atoms with Crippen molar-refractivity contribution >= 4 is 17.5 Å². The summed E-state index contributed by atoms with van der Waals surface area (Å²) in [6, 6.07) is 13.4. The van der Waals surface area contributed by atoms with Gasteiger partial charge in [-0.1, -0.05) is 6.07 Å². The third-order valence-corrected chi connectivity index (χ3v) is 4.11. The Kier molecular flexibility index (Phi) is 6.63. The number of anilines is 2. The quantitative estimate of drug-likeness (QED) is 0.569. The molecule has 0 aliphatic rings. The van der Waals surface area contributed by atoms with Crippen LogP contribution >= 0.6 is 0 Å². The summed E-state index contributed by atoms with van der Waals surface area (Å²) in [6.45, 7) is 4.79. The van der Waals surface area contributed by atoms with Gasteiger partial charge >= 0.3 is 0 Å². The van der Waals surface area contributed by atoms with Crippen LogP contribution in [-0.2, 0) is 0 Å². The van der Waals surface area contributed by atoms with Crippen molar-refractivity contribution in [1.82, 2.24) is 15.3 Å². The zero-order chi connectivity index (χ0) is 20.6. The zero-order valence-electron chi connectivity index (χ0n) is 16.7. The van der Waals surface area contributed by atoms with Gasteiger partial charge in [-0.25, -0.2) is 9.97 Å². The van der Waals surface area contributed by atoms with Crippen molar-refractivity contribution in [3.05, 3.63) is 71.5 Å². The first-order valence-corrected chi connectivity index (χ1v) is 9.26. The molecule has 29 heavy (non-hydrogen) atoms. The van der Waals surface area contributed by atoms with Crippen LogP contribution in [0.3, 0.4) is 0 Å². The first kappa shape index (κ1) is 20.1. The first-order valence-electron chi connectivity index (χ1n) is 9.26. The molecule has 1 aromatic heterocycles. The number of benzene rings is 2. The lowest BCUT2D eigenvalue weighted by atomic mass is 10.1. The van der Waals surface area contributed by atoms with Crippen LogP contribution in [-0.4, -0.2) is 36.1 Å². The highest BCUT2D eigenvalue weighted by molar-refractivity contribution is 5.93. The molecule has 2 aromatic carbocycles. The highest BCUT2D eigenvalue weighted by Gasteiger charge is 2.07. The van der Waals surface area contributed by atoms with E-state index in [1.807, 2.05) is 50.2 Å². The Labute approximate surface area is 170 Å². The summed E-state index contributed by atoms with van der Waals surface area (Å²) < 4.78 is 10.7. The Balaban J connectivity index is 1.47. The molecule has 7 nitrogen and oxygen atoms in total. The van der Waals surface area contributed by atoms with Crippen molar-refractivity contribution in [2.75, 3.05) is 25.6 Å². The van der Waals surface area contributed by atoms with Crippen molar-refractivity contribution in [2.45, 2.75) is 13.8 Å². The molecule has 0 saturated heterocycles. The standard InChI is InChI=1S/C22H24N4O3/c1-15-10-16(2)12-18(11-15)26-22-24-13-17(14-25-22)21(27)23-8-9-29-20-6-4-19(28-3)5-7-20/h4-7,10-14H,8-9H2,1-3H3,(H,23,27)(H,24,25,26). The van der Waals surface area contributed by atoms with Gasteiger partial charge in [0.15, 0.2) is 0 Å². The first-order chi connectivity index (χ1) is 14.0. The molecule has 0 radical (unpaired) electrons. The topological polar surface area (TPSA) is 85.4 Å². The normalized spacial score (nSPS) is 10.3. The third-order valence-electron chi connectivity index (χ3n) is 4.11. The SMILES string of the molecule is COc1ccc(OCCNC(=O)c2cnc(Nc3cc(C)cc(C)c3)nc2)cc1. The van der Waals surface area contributed by atoms with Gasteiger partial charge < -0.3 is 20.1 Å². The fourth-order valence-electron chi connectivity index (χ4n) is 2.79. The maximum Gasteiger partial charge on any atom is 0.254 e. The minimum atomic E-state index is -0.249. The molecule has 0 spiro atoms. The monoisotopic (exact) mass is 392 g/mol. The van der Waals surface area contributed by atoms with Gasteiger partial charge in [0.25, 0.3) is 5.91 Å². The van der Waals surface area contributed by atoms with E-state index in [1.54, 1.807) is 7.11 Å². The van der Waals surface area contributed by atoms with Crippen LogP contribution in [0.2, 0.25) is 0 Å². The number of amides is 1. The van der Waals surface area contributed by atoms with Crippen molar-refractivity contribution in [3.63, 3.8) is 0 Å². The molecule has 0 aliphatic carbocycles. The van der Waals surface area contributed by atoms with E-state index in [4.69, 9.17) is 9.47 Å². The Morgan fingerprint density at radius 2 is 1.59 bits per heavy atom. The molecule has 2 N–H and O–H groups in total. The van der Waals surface area contributed by atoms with E-state index < -0.39 is 0 Å². The van der Waals surface area contributed by atoms with Crippen LogP contribution in [0.4, 0.5) is 11.6 Å². The van der Waals surface area contributed by atoms with E-state index in [9.17, 15) is 4.79 Å². The van der Waals surface area contributed by atoms with E-state index in [0.29, 0.717) is 30.4 Å². The van der Waals surface area contributed by atoms with Gasteiger partial charge in [0.1, 0.15) is 18.1 Å². The second-order valence-corrected chi connectivity index (χ2v) is 6.58. The van der Waals surface area contributed by atoms with Gasteiger partial charge in [-0.2, -0.15) is 0 Å². The van der Waals surface area contributed by atoms with Crippen LogP contribution in [0.15, 0.2) is 54.9 Å². The highest BCUT2D eigenvalue weighted by Crippen LogP contribution is 2.18. The smallest absolute Gasteiger partial charge is 0.254 e. The molecule has 150 valence electrons. The lowest BCUT2D eigenvalue weighted by Crippen LogP contribution is -2.28. The number of aromatic nitrogens is 2. The molecule has 1 amide bonds. The summed E-state index contributed by atoms with van der Waals surface area (Å²) in [7, 11) is 1.61. The lowest BCUT2D eigenvalue weighted by molar-refractivity contribution is 0.0946. The van der Waals surface area contributed by atoms with Crippen LogP contribution < -0.4 is 20.1 Å². The number of rotatable bonds is 8. The summed E-state index contributed by atoms with van der Waals surface area (Å²) in [5.74, 6) is 1.67. The fourth-order valence-corrected chi connectivity index (χ4v) is 2.79. The van der Waals surface area contributed by atoms with E-state index in [-0.39, 0.29) is 5.91 Å². The van der Waals surface area contributed by atoms with E-state index in [1.165, 1.54) is 12.4 Å².